The molecule has 0 saturated heterocycles. The zero-order valence-electron chi connectivity index (χ0n) is 18.6. The molecule has 6 nitrogen and oxygen atoms in total. The van der Waals surface area contributed by atoms with E-state index in [1.807, 2.05) is 6.92 Å². The van der Waals surface area contributed by atoms with Crippen molar-refractivity contribution < 1.29 is 26.9 Å². The number of ether oxygens (including phenoxy) is 1. The molecular formula is C26H23BrO6S. The van der Waals surface area contributed by atoms with Crippen molar-refractivity contribution in [1.82, 2.24) is 0 Å². The van der Waals surface area contributed by atoms with Gasteiger partial charge in [-0.25, -0.2) is 0 Å². The Kier molecular flexibility index (Phi) is 5.98. The molecule has 1 aliphatic heterocycles. The van der Waals surface area contributed by atoms with Gasteiger partial charge in [0.2, 0.25) is 0 Å². The molecule has 3 aliphatic rings. The lowest BCUT2D eigenvalue weighted by atomic mass is 9.73. The predicted octanol–water partition coefficient (Wildman–Crippen LogP) is 5.65. The van der Waals surface area contributed by atoms with Crippen LogP contribution in [0.3, 0.4) is 0 Å². The van der Waals surface area contributed by atoms with Gasteiger partial charge in [-0.2, -0.15) is 8.42 Å². The first kappa shape index (κ1) is 23.1. The Bertz CT molecular complexity index is 1330. The SMILES string of the molecule is Cc1ccc(S(=O)(=O)Oc2ccc(Br)cc2C2C3=C(CCCC3=O)OC3=C2C(=O)CCC3)cc1. The van der Waals surface area contributed by atoms with Crippen LogP contribution in [0.2, 0.25) is 0 Å². The Morgan fingerprint density at radius 2 is 1.47 bits per heavy atom. The summed E-state index contributed by atoms with van der Waals surface area (Å²) in [6.45, 7) is 1.87. The second-order valence-corrected chi connectivity index (χ2v) is 11.3. The quantitative estimate of drug-likeness (QED) is 0.463. The van der Waals surface area contributed by atoms with Crippen LogP contribution in [-0.2, 0) is 24.4 Å². The van der Waals surface area contributed by atoms with Gasteiger partial charge in [0.25, 0.3) is 0 Å². The Labute approximate surface area is 206 Å². The van der Waals surface area contributed by atoms with Crippen molar-refractivity contribution in [3.8, 4) is 5.75 Å². The van der Waals surface area contributed by atoms with Crippen LogP contribution >= 0.6 is 15.9 Å². The maximum absolute atomic E-state index is 13.1. The highest BCUT2D eigenvalue weighted by Gasteiger charge is 2.43. The summed E-state index contributed by atoms with van der Waals surface area (Å²) >= 11 is 3.46. The molecule has 0 N–H and O–H groups in total. The van der Waals surface area contributed by atoms with Gasteiger partial charge in [-0.15, -0.1) is 0 Å². The molecule has 0 bridgehead atoms. The molecule has 2 aromatic rings. The number of halogens is 1. The highest BCUT2D eigenvalue weighted by atomic mass is 79.9. The van der Waals surface area contributed by atoms with Crippen molar-refractivity contribution in [3.05, 3.63) is 80.7 Å². The van der Waals surface area contributed by atoms with Crippen LogP contribution in [0.25, 0.3) is 0 Å². The molecule has 0 atom stereocenters. The largest absolute Gasteiger partial charge is 0.465 e. The average Bonchev–Trinajstić information content (AvgIpc) is 2.79. The highest BCUT2D eigenvalue weighted by molar-refractivity contribution is 9.10. The van der Waals surface area contributed by atoms with Crippen molar-refractivity contribution in [2.75, 3.05) is 0 Å². The van der Waals surface area contributed by atoms with E-state index in [0.717, 1.165) is 5.56 Å². The third kappa shape index (κ3) is 4.14. The van der Waals surface area contributed by atoms with Crippen molar-refractivity contribution in [2.45, 2.75) is 56.3 Å². The summed E-state index contributed by atoms with van der Waals surface area (Å²) in [5.74, 6) is 0.377. The van der Waals surface area contributed by atoms with Crippen molar-refractivity contribution in [3.63, 3.8) is 0 Å². The number of aryl methyl sites for hydroxylation is 1. The van der Waals surface area contributed by atoms with E-state index in [1.165, 1.54) is 12.1 Å². The van der Waals surface area contributed by atoms with Gasteiger partial charge in [-0.1, -0.05) is 33.6 Å². The number of carbonyl (C=O) groups is 2. The van der Waals surface area contributed by atoms with E-state index in [9.17, 15) is 18.0 Å². The monoisotopic (exact) mass is 542 g/mol. The van der Waals surface area contributed by atoms with E-state index in [4.69, 9.17) is 8.92 Å². The minimum atomic E-state index is -4.14. The molecule has 0 spiro atoms. The molecule has 1 heterocycles. The van der Waals surface area contributed by atoms with E-state index in [-0.39, 0.29) is 22.2 Å². The van der Waals surface area contributed by atoms with E-state index >= 15 is 0 Å². The van der Waals surface area contributed by atoms with Gasteiger partial charge in [-0.05, 0) is 50.1 Å². The van der Waals surface area contributed by atoms with Crippen molar-refractivity contribution in [2.24, 2.45) is 0 Å². The molecule has 2 aromatic carbocycles. The van der Waals surface area contributed by atoms with E-state index in [2.05, 4.69) is 15.9 Å². The summed E-state index contributed by atoms with van der Waals surface area (Å²) in [5.41, 5.74) is 2.27. The summed E-state index contributed by atoms with van der Waals surface area (Å²) in [6, 6.07) is 11.4. The molecule has 0 radical (unpaired) electrons. The fourth-order valence-electron chi connectivity index (χ4n) is 4.82. The first-order valence-corrected chi connectivity index (χ1v) is 13.5. The first-order chi connectivity index (χ1) is 16.2. The zero-order valence-corrected chi connectivity index (χ0v) is 21.0. The average molecular weight is 543 g/mol. The third-order valence-corrected chi connectivity index (χ3v) is 8.17. The van der Waals surface area contributed by atoms with Gasteiger partial charge in [0.15, 0.2) is 11.6 Å². The molecular weight excluding hydrogens is 520 g/mol. The summed E-state index contributed by atoms with van der Waals surface area (Å²) in [7, 11) is -4.14. The molecule has 8 heteroatoms. The Hall–Kier alpha value is -2.71. The highest BCUT2D eigenvalue weighted by Crippen LogP contribution is 2.50. The molecule has 2 aliphatic carbocycles. The van der Waals surface area contributed by atoms with Gasteiger partial charge in [0, 0.05) is 46.9 Å². The van der Waals surface area contributed by atoms with Crippen LogP contribution in [0.15, 0.2) is 74.5 Å². The van der Waals surface area contributed by atoms with Gasteiger partial charge in [-0.3, -0.25) is 9.59 Å². The minimum absolute atomic E-state index is 0.0289. The van der Waals surface area contributed by atoms with Gasteiger partial charge < -0.3 is 8.92 Å². The summed E-state index contributed by atoms with van der Waals surface area (Å²) in [4.78, 5) is 26.2. The lowest BCUT2D eigenvalue weighted by molar-refractivity contribution is -0.117. The molecule has 0 amide bonds. The van der Waals surface area contributed by atoms with Crippen LogP contribution in [0.5, 0.6) is 5.75 Å². The van der Waals surface area contributed by atoms with E-state index in [0.29, 0.717) is 71.2 Å². The zero-order chi connectivity index (χ0) is 24.0. The minimum Gasteiger partial charge on any atom is -0.465 e. The van der Waals surface area contributed by atoms with Gasteiger partial charge in [0.1, 0.15) is 22.2 Å². The summed E-state index contributed by atoms with van der Waals surface area (Å²) < 4.78 is 38.6. The van der Waals surface area contributed by atoms with E-state index in [1.54, 1.807) is 30.3 Å². The van der Waals surface area contributed by atoms with Crippen molar-refractivity contribution >= 4 is 37.6 Å². The van der Waals surface area contributed by atoms with Crippen LogP contribution < -0.4 is 4.18 Å². The number of carbonyl (C=O) groups excluding carboxylic acids is 2. The van der Waals surface area contributed by atoms with Crippen LogP contribution in [0.4, 0.5) is 0 Å². The number of hydrogen-bond donors (Lipinski definition) is 0. The second-order valence-electron chi connectivity index (χ2n) is 8.79. The molecule has 0 unspecified atom stereocenters. The number of rotatable bonds is 4. The number of benzene rings is 2. The number of Topliss-reactive ketones (excluding diaryl/α,β-unsaturated/α-hetero) is 2. The molecule has 0 fully saturated rings. The van der Waals surface area contributed by atoms with Gasteiger partial charge >= 0.3 is 10.1 Å². The van der Waals surface area contributed by atoms with Gasteiger partial charge in [0.05, 0.1) is 5.92 Å². The lowest BCUT2D eigenvalue weighted by Gasteiger charge is -2.36. The Balaban J connectivity index is 1.67. The molecule has 5 rings (SSSR count). The number of hydrogen-bond acceptors (Lipinski definition) is 6. The second kappa shape index (κ2) is 8.82. The Morgan fingerprint density at radius 3 is 2.06 bits per heavy atom. The molecule has 0 aromatic heterocycles. The number of allylic oxidation sites excluding steroid dienone is 4. The van der Waals surface area contributed by atoms with Crippen molar-refractivity contribution in [1.29, 1.82) is 0 Å². The smallest absolute Gasteiger partial charge is 0.339 e. The standard InChI is InChI=1S/C26H23BrO6S/c1-15-8-11-17(12-9-15)34(30,31)33-21-13-10-16(27)14-18(21)24-25-19(28)4-2-6-22(25)32-23-7-3-5-20(29)26(23)24/h8-14,24H,2-7H2,1H3. The molecule has 176 valence electrons. The first-order valence-electron chi connectivity index (χ1n) is 11.3. The van der Waals surface area contributed by atoms with E-state index < -0.39 is 16.0 Å². The summed E-state index contributed by atoms with van der Waals surface area (Å²) in [6.07, 6.45) is 3.31. The van der Waals surface area contributed by atoms with Crippen LogP contribution in [-0.4, -0.2) is 20.0 Å². The van der Waals surface area contributed by atoms with Crippen LogP contribution in [0, 0.1) is 6.92 Å². The fraction of sp³-hybridized carbons (Fsp3) is 0.308. The predicted molar refractivity (Wildman–Crippen MR) is 129 cm³/mol. The fourth-order valence-corrected chi connectivity index (χ4v) is 6.15. The summed E-state index contributed by atoms with van der Waals surface area (Å²) in [5, 5.41) is 0. The molecule has 0 saturated carbocycles. The Morgan fingerprint density at radius 1 is 0.882 bits per heavy atom. The number of ketones is 2. The third-order valence-electron chi connectivity index (χ3n) is 6.43. The van der Waals surface area contributed by atoms with Crippen LogP contribution in [0.1, 0.15) is 55.6 Å². The molecule has 34 heavy (non-hydrogen) atoms. The lowest BCUT2D eigenvalue weighted by Crippen LogP contribution is -2.30. The topological polar surface area (TPSA) is 86.7 Å². The normalized spacial score (nSPS) is 19.0. The maximum atomic E-state index is 13.1. The maximum Gasteiger partial charge on any atom is 0.339 e.